The Morgan fingerprint density at radius 2 is 1.76 bits per heavy atom. The Balaban J connectivity index is 1.62. The number of nitrogens with two attached hydrogens (primary N) is 1. The molecule has 3 N–H and O–H groups in total. The van der Waals surface area contributed by atoms with Crippen molar-refractivity contribution in [3.8, 4) is 11.3 Å². The Morgan fingerprint density at radius 3 is 2.39 bits per heavy atom. The average Bonchev–Trinajstić information content (AvgIpc) is 2.75. The summed E-state index contributed by atoms with van der Waals surface area (Å²) in [5.74, 6) is -4.03. The average molecular weight is 477 g/mol. The summed E-state index contributed by atoms with van der Waals surface area (Å²) < 4.78 is 42.3. The van der Waals surface area contributed by atoms with E-state index in [2.05, 4.69) is 10.3 Å². The number of rotatable bonds is 5. The molecule has 1 fully saturated rings. The van der Waals surface area contributed by atoms with Gasteiger partial charge in [-0.2, -0.15) is 0 Å². The third-order valence-electron chi connectivity index (χ3n) is 5.65. The molecular formula is C23H20ClF3N4O2. The van der Waals surface area contributed by atoms with Crippen LogP contribution in [0, 0.1) is 17.5 Å². The molecule has 10 heteroatoms. The predicted molar refractivity (Wildman–Crippen MR) is 118 cm³/mol. The lowest BCUT2D eigenvalue weighted by Gasteiger charge is -2.31. The number of amides is 2. The van der Waals surface area contributed by atoms with Crippen LogP contribution in [0.25, 0.3) is 22.0 Å². The summed E-state index contributed by atoms with van der Waals surface area (Å²) in [7, 11) is 0. The number of fused-ring (bicyclic) bond motifs is 1. The van der Waals surface area contributed by atoms with Crippen LogP contribution in [-0.4, -0.2) is 47.4 Å². The number of carbonyl (C=O) groups excluding carboxylic acids is 2. The first-order valence-corrected chi connectivity index (χ1v) is 10.7. The smallest absolute Gasteiger partial charge is 0.251 e. The summed E-state index contributed by atoms with van der Waals surface area (Å²) in [5.41, 5.74) is 4.89. The van der Waals surface area contributed by atoms with Gasteiger partial charge in [0.1, 0.15) is 17.5 Å². The minimum absolute atomic E-state index is 0.0844. The highest BCUT2D eigenvalue weighted by Gasteiger charge is 2.23. The fourth-order valence-corrected chi connectivity index (χ4v) is 4.26. The molecule has 6 nitrogen and oxygen atoms in total. The molecule has 0 atom stereocenters. The quantitative estimate of drug-likeness (QED) is 0.588. The normalized spacial score (nSPS) is 15.0. The molecule has 0 aliphatic carbocycles. The molecular weight excluding hydrogens is 457 g/mol. The zero-order chi connectivity index (χ0) is 23.7. The maximum absolute atomic E-state index is 14.4. The molecule has 1 aliphatic heterocycles. The molecule has 1 saturated heterocycles. The summed E-state index contributed by atoms with van der Waals surface area (Å²) in [4.78, 5) is 29.9. The number of pyridine rings is 1. The van der Waals surface area contributed by atoms with E-state index in [1.807, 2.05) is 4.90 Å². The Morgan fingerprint density at radius 1 is 1.09 bits per heavy atom. The van der Waals surface area contributed by atoms with Crippen molar-refractivity contribution < 1.29 is 22.8 Å². The van der Waals surface area contributed by atoms with Gasteiger partial charge in [-0.3, -0.25) is 19.5 Å². The molecule has 0 bridgehead atoms. The molecule has 2 heterocycles. The maximum atomic E-state index is 14.4. The molecule has 0 spiro atoms. The van der Waals surface area contributed by atoms with Crippen LogP contribution in [0.4, 0.5) is 13.2 Å². The predicted octanol–water partition coefficient (Wildman–Crippen LogP) is 3.65. The number of piperidine rings is 1. The van der Waals surface area contributed by atoms with Gasteiger partial charge < -0.3 is 11.1 Å². The van der Waals surface area contributed by atoms with Crippen molar-refractivity contribution in [2.24, 2.45) is 5.73 Å². The van der Waals surface area contributed by atoms with Gasteiger partial charge in [0.15, 0.2) is 0 Å². The summed E-state index contributed by atoms with van der Waals surface area (Å²) in [5, 5.41) is 3.89. The molecule has 0 radical (unpaired) electrons. The number of hydrogen-bond acceptors (Lipinski definition) is 4. The summed E-state index contributed by atoms with van der Waals surface area (Å²) in [6.45, 7) is 1.43. The van der Waals surface area contributed by atoms with E-state index in [1.54, 1.807) is 12.1 Å². The molecule has 2 aromatic carbocycles. The number of halogens is 4. The first-order chi connectivity index (χ1) is 15.7. The van der Waals surface area contributed by atoms with Gasteiger partial charge in [-0.15, -0.1) is 0 Å². The van der Waals surface area contributed by atoms with Crippen LogP contribution in [-0.2, 0) is 4.79 Å². The number of primary amides is 1. The van der Waals surface area contributed by atoms with E-state index in [4.69, 9.17) is 17.3 Å². The molecule has 3 aromatic rings. The first-order valence-electron chi connectivity index (χ1n) is 10.3. The second-order valence-corrected chi connectivity index (χ2v) is 8.36. The second-order valence-electron chi connectivity index (χ2n) is 7.95. The van der Waals surface area contributed by atoms with Crippen molar-refractivity contribution in [3.63, 3.8) is 0 Å². The van der Waals surface area contributed by atoms with Crippen LogP contribution in [0.5, 0.6) is 0 Å². The second kappa shape index (κ2) is 9.36. The number of hydrogen-bond donors (Lipinski definition) is 2. The van der Waals surface area contributed by atoms with Crippen LogP contribution in [0.1, 0.15) is 23.2 Å². The first kappa shape index (κ1) is 23.0. The van der Waals surface area contributed by atoms with Gasteiger partial charge in [0.2, 0.25) is 5.91 Å². The molecule has 4 rings (SSSR count). The lowest BCUT2D eigenvalue weighted by Crippen LogP contribution is -2.46. The third kappa shape index (κ3) is 4.94. The zero-order valence-corrected chi connectivity index (χ0v) is 18.1. The summed E-state index contributed by atoms with van der Waals surface area (Å²) in [6.07, 6.45) is 2.55. The molecule has 172 valence electrons. The fourth-order valence-electron chi connectivity index (χ4n) is 4.04. The molecule has 0 saturated carbocycles. The minimum Gasteiger partial charge on any atom is -0.369 e. The van der Waals surface area contributed by atoms with Crippen LogP contribution in [0.2, 0.25) is 5.02 Å². The monoisotopic (exact) mass is 476 g/mol. The SMILES string of the molecule is NC(=O)CN1CCC(NC(=O)c2ccc3c(Cl)cnc(-c4c(F)cc(F)cc4F)c3c2)CC1. The topological polar surface area (TPSA) is 88.3 Å². The molecule has 1 aliphatic rings. The third-order valence-corrected chi connectivity index (χ3v) is 5.95. The van der Waals surface area contributed by atoms with E-state index >= 15 is 0 Å². The highest BCUT2D eigenvalue weighted by atomic mass is 35.5. The van der Waals surface area contributed by atoms with Gasteiger partial charge in [-0.05, 0) is 25.0 Å². The highest BCUT2D eigenvalue weighted by Crippen LogP contribution is 2.34. The van der Waals surface area contributed by atoms with Crippen molar-refractivity contribution in [2.45, 2.75) is 18.9 Å². The van der Waals surface area contributed by atoms with E-state index in [-0.39, 0.29) is 40.2 Å². The Bertz CT molecular complexity index is 1220. The van der Waals surface area contributed by atoms with Gasteiger partial charge in [0, 0.05) is 53.8 Å². The molecule has 1 aromatic heterocycles. The fraction of sp³-hybridized carbons (Fsp3) is 0.261. The van der Waals surface area contributed by atoms with Crippen molar-refractivity contribution >= 4 is 34.2 Å². The van der Waals surface area contributed by atoms with Crippen molar-refractivity contribution in [2.75, 3.05) is 19.6 Å². The molecule has 33 heavy (non-hydrogen) atoms. The van der Waals surface area contributed by atoms with E-state index in [9.17, 15) is 22.8 Å². The Hall–Kier alpha value is -3.17. The van der Waals surface area contributed by atoms with Crippen LogP contribution < -0.4 is 11.1 Å². The number of benzene rings is 2. The van der Waals surface area contributed by atoms with Crippen molar-refractivity contribution in [1.82, 2.24) is 15.2 Å². The van der Waals surface area contributed by atoms with E-state index in [0.717, 1.165) is 0 Å². The van der Waals surface area contributed by atoms with Crippen LogP contribution >= 0.6 is 11.6 Å². The number of nitrogens with one attached hydrogen (secondary N) is 1. The maximum Gasteiger partial charge on any atom is 0.251 e. The van der Waals surface area contributed by atoms with E-state index < -0.39 is 28.9 Å². The van der Waals surface area contributed by atoms with Gasteiger partial charge in [0.05, 0.1) is 22.8 Å². The Kier molecular flexibility index (Phi) is 6.53. The number of aromatic nitrogens is 1. The molecule has 0 unspecified atom stereocenters. The largest absolute Gasteiger partial charge is 0.369 e. The summed E-state index contributed by atoms with van der Waals surface area (Å²) >= 11 is 6.21. The number of likely N-dealkylation sites (tertiary alicyclic amines) is 1. The summed E-state index contributed by atoms with van der Waals surface area (Å²) in [6, 6.07) is 5.65. The number of carbonyl (C=O) groups is 2. The standard InChI is InChI=1S/C23H20ClF3N4O2/c24-17-10-29-22(21-18(26)8-13(25)9-19(21)27)16-7-12(1-2-15(16)17)23(33)30-14-3-5-31(6-4-14)11-20(28)32/h1-2,7-10,14H,3-6,11H2,(H2,28,32)(H,30,33). The van der Waals surface area contributed by atoms with Gasteiger partial charge in [-0.25, -0.2) is 13.2 Å². The Labute approximate surface area is 192 Å². The highest BCUT2D eigenvalue weighted by molar-refractivity contribution is 6.35. The zero-order valence-electron chi connectivity index (χ0n) is 17.4. The minimum atomic E-state index is -1.11. The van der Waals surface area contributed by atoms with Crippen molar-refractivity contribution in [1.29, 1.82) is 0 Å². The lowest BCUT2D eigenvalue weighted by molar-refractivity contribution is -0.119. The van der Waals surface area contributed by atoms with E-state index in [0.29, 0.717) is 43.5 Å². The van der Waals surface area contributed by atoms with Crippen LogP contribution in [0.15, 0.2) is 36.5 Å². The number of nitrogens with zero attached hydrogens (tertiary/aromatic N) is 2. The van der Waals surface area contributed by atoms with E-state index in [1.165, 1.54) is 12.3 Å². The lowest BCUT2D eigenvalue weighted by atomic mass is 9.99. The molecule has 2 amide bonds. The van der Waals surface area contributed by atoms with Crippen molar-refractivity contribution in [3.05, 3.63) is 64.6 Å². The van der Waals surface area contributed by atoms with Gasteiger partial charge >= 0.3 is 0 Å². The van der Waals surface area contributed by atoms with Gasteiger partial charge in [-0.1, -0.05) is 17.7 Å². The van der Waals surface area contributed by atoms with Crippen LogP contribution in [0.3, 0.4) is 0 Å². The van der Waals surface area contributed by atoms with Gasteiger partial charge in [0.25, 0.3) is 5.91 Å².